The second-order valence-corrected chi connectivity index (χ2v) is 4.68. The first-order chi connectivity index (χ1) is 9.86. The van der Waals surface area contributed by atoms with E-state index in [1.165, 1.54) is 5.39 Å². The van der Waals surface area contributed by atoms with Gasteiger partial charge in [-0.3, -0.25) is 4.98 Å². The zero-order valence-corrected chi connectivity index (χ0v) is 12.7. The molecule has 0 atom stereocenters. The number of nitrogens with one attached hydrogen (secondary N) is 1. The minimum atomic E-state index is -0.108. The van der Waals surface area contributed by atoms with Crippen LogP contribution in [0.25, 0.3) is 33.3 Å². The van der Waals surface area contributed by atoms with Crippen molar-refractivity contribution in [1.82, 2.24) is 9.97 Å². The number of furan rings is 1. The van der Waals surface area contributed by atoms with Gasteiger partial charge in [-0.15, -0.1) is 17.0 Å². The van der Waals surface area contributed by atoms with Gasteiger partial charge in [-0.25, -0.2) is 0 Å². The maximum absolute atomic E-state index is 9.10. The van der Waals surface area contributed by atoms with Crippen molar-refractivity contribution in [1.29, 1.82) is 0 Å². The lowest BCUT2D eigenvalue weighted by molar-refractivity contribution is 0.248. The second kappa shape index (κ2) is 5.35. The van der Waals surface area contributed by atoms with Gasteiger partial charge in [0.2, 0.25) is 0 Å². The molecule has 4 rings (SSSR count). The van der Waals surface area contributed by atoms with Gasteiger partial charge in [0, 0.05) is 22.5 Å². The molecule has 0 aliphatic heterocycles. The van der Waals surface area contributed by atoms with Gasteiger partial charge in [-0.2, -0.15) is 0 Å². The Morgan fingerprint density at radius 2 is 1.90 bits per heavy atom. The van der Waals surface area contributed by atoms with E-state index >= 15 is 0 Å². The Hall–Kier alpha value is -2.11. The fourth-order valence-electron chi connectivity index (χ4n) is 2.55. The smallest absolute Gasteiger partial charge is 0.154 e. The number of H-pyrrole nitrogens is 1. The lowest BCUT2D eigenvalue weighted by atomic mass is 10.1. The molecule has 21 heavy (non-hydrogen) atoms. The topological polar surface area (TPSA) is 62.1 Å². The van der Waals surface area contributed by atoms with E-state index in [1.807, 2.05) is 30.3 Å². The van der Waals surface area contributed by atoms with Crippen LogP contribution < -0.4 is 0 Å². The molecule has 4 nitrogen and oxygen atoms in total. The lowest BCUT2D eigenvalue weighted by Gasteiger charge is -1.98. The van der Waals surface area contributed by atoms with E-state index < -0.39 is 0 Å². The van der Waals surface area contributed by atoms with E-state index in [0.29, 0.717) is 11.5 Å². The third-order valence-electron chi connectivity index (χ3n) is 3.48. The maximum atomic E-state index is 9.10. The third kappa shape index (κ3) is 2.14. The summed E-state index contributed by atoms with van der Waals surface area (Å²) < 4.78 is 5.59. The van der Waals surface area contributed by atoms with Crippen LogP contribution in [0.5, 0.6) is 0 Å². The van der Waals surface area contributed by atoms with Gasteiger partial charge in [0.05, 0.1) is 5.52 Å². The summed E-state index contributed by atoms with van der Waals surface area (Å²) >= 11 is 0. The summed E-state index contributed by atoms with van der Waals surface area (Å²) in [5.41, 5.74) is 2.79. The average molecular weight is 345 g/mol. The second-order valence-electron chi connectivity index (χ2n) is 4.68. The van der Waals surface area contributed by atoms with Crippen LogP contribution in [0.4, 0.5) is 0 Å². The highest BCUT2D eigenvalue weighted by Crippen LogP contribution is 2.32. The van der Waals surface area contributed by atoms with Gasteiger partial charge >= 0.3 is 0 Å². The summed E-state index contributed by atoms with van der Waals surface area (Å²) in [6.07, 6.45) is 1.78. The third-order valence-corrected chi connectivity index (χ3v) is 3.48. The molecule has 4 aromatic rings. The van der Waals surface area contributed by atoms with Crippen LogP contribution in [-0.2, 0) is 6.61 Å². The van der Waals surface area contributed by atoms with Crippen molar-refractivity contribution in [3.63, 3.8) is 0 Å². The van der Waals surface area contributed by atoms with Gasteiger partial charge in [-0.05, 0) is 24.3 Å². The Morgan fingerprint density at radius 1 is 1.05 bits per heavy atom. The standard InChI is InChI=1S/C16H12N2O2.BrH/c19-9-10-5-6-14(20-10)16-15-12(7-8-17-16)11-3-1-2-4-13(11)18-15;/h1-8,18-19H,9H2;1H. The SMILES string of the molecule is Br.OCc1ccc(-c2nccc3c2[nH]c2ccccc23)o1. The Morgan fingerprint density at radius 3 is 2.71 bits per heavy atom. The number of para-hydroxylation sites is 1. The number of aromatic amines is 1. The molecule has 0 aliphatic rings. The lowest BCUT2D eigenvalue weighted by Crippen LogP contribution is -1.83. The summed E-state index contributed by atoms with van der Waals surface area (Å²) in [7, 11) is 0. The predicted molar refractivity (Wildman–Crippen MR) is 87.5 cm³/mol. The fraction of sp³-hybridized carbons (Fsp3) is 0.0625. The summed E-state index contributed by atoms with van der Waals surface area (Å²) in [4.78, 5) is 7.80. The van der Waals surface area contributed by atoms with E-state index in [-0.39, 0.29) is 23.6 Å². The van der Waals surface area contributed by atoms with Crippen LogP contribution in [0.2, 0.25) is 0 Å². The zero-order chi connectivity index (χ0) is 13.5. The quantitative estimate of drug-likeness (QED) is 0.576. The Labute approximate surface area is 131 Å². The molecular weight excluding hydrogens is 332 g/mol. The first-order valence-electron chi connectivity index (χ1n) is 6.42. The molecule has 3 heterocycles. The van der Waals surface area contributed by atoms with Crippen LogP contribution in [0.15, 0.2) is 53.1 Å². The molecule has 0 fully saturated rings. The minimum Gasteiger partial charge on any atom is -0.457 e. The average Bonchev–Trinajstić information content (AvgIpc) is 3.11. The number of aromatic nitrogens is 2. The number of hydrogen-bond donors (Lipinski definition) is 2. The van der Waals surface area contributed by atoms with E-state index in [4.69, 9.17) is 9.52 Å². The van der Waals surface area contributed by atoms with E-state index in [9.17, 15) is 0 Å². The van der Waals surface area contributed by atoms with E-state index in [2.05, 4.69) is 16.0 Å². The van der Waals surface area contributed by atoms with E-state index in [0.717, 1.165) is 22.1 Å². The van der Waals surface area contributed by atoms with Crippen molar-refractivity contribution in [2.24, 2.45) is 0 Å². The maximum Gasteiger partial charge on any atom is 0.154 e. The van der Waals surface area contributed by atoms with Crippen LogP contribution in [0.1, 0.15) is 5.76 Å². The zero-order valence-electron chi connectivity index (χ0n) is 11.0. The Kier molecular flexibility index (Phi) is 3.53. The van der Waals surface area contributed by atoms with Gasteiger partial charge < -0.3 is 14.5 Å². The van der Waals surface area contributed by atoms with Crippen molar-refractivity contribution in [3.8, 4) is 11.5 Å². The van der Waals surface area contributed by atoms with Crippen molar-refractivity contribution >= 4 is 38.8 Å². The molecular formula is C16H13BrN2O2. The van der Waals surface area contributed by atoms with Crippen molar-refractivity contribution in [2.75, 3.05) is 0 Å². The molecule has 0 saturated heterocycles. The molecule has 0 spiro atoms. The molecule has 106 valence electrons. The van der Waals surface area contributed by atoms with Crippen LogP contribution in [0, 0.1) is 0 Å². The number of halogens is 1. The van der Waals surface area contributed by atoms with Crippen molar-refractivity contribution in [3.05, 3.63) is 54.4 Å². The molecule has 0 amide bonds. The van der Waals surface area contributed by atoms with Crippen molar-refractivity contribution in [2.45, 2.75) is 6.61 Å². The molecule has 5 heteroatoms. The largest absolute Gasteiger partial charge is 0.457 e. The summed E-state index contributed by atoms with van der Waals surface area (Å²) in [6, 6.07) is 13.7. The molecule has 0 saturated carbocycles. The number of pyridine rings is 1. The molecule has 3 aromatic heterocycles. The fourth-order valence-corrected chi connectivity index (χ4v) is 2.55. The number of aliphatic hydroxyl groups is 1. The summed E-state index contributed by atoms with van der Waals surface area (Å²) in [6.45, 7) is -0.108. The minimum absolute atomic E-state index is 0. The highest BCUT2D eigenvalue weighted by Gasteiger charge is 2.13. The first kappa shape index (κ1) is 13.9. The van der Waals surface area contributed by atoms with Gasteiger partial charge in [0.25, 0.3) is 0 Å². The highest BCUT2D eigenvalue weighted by molar-refractivity contribution is 8.93. The number of rotatable bonds is 2. The normalized spacial score (nSPS) is 10.9. The Balaban J connectivity index is 0.00000132. The Bertz CT molecular complexity index is 911. The molecule has 1 aromatic carbocycles. The monoisotopic (exact) mass is 344 g/mol. The number of benzene rings is 1. The van der Waals surface area contributed by atoms with E-state index in [1.54, 1.807) is 12.3 Å². The first-order valence-corrected chi connectivity index (χ1v) is 6.42. The van der Waals surface area contributed by atoms with Gasteiger partial charge in [0.15, 0.2) is 5.76 Å². The summed E-state index contributed by atoms with van der Waals surface area (Å²) in [5, 5.41) is 11.4. The predicted octanol–water partition coefficient (Wildman–Crippen LogP) is 4.05. The molecule has 0 unspecified atom stereocenters. The number of fused-ring (bicyclic) bond motifs is 3. The molecule has 0 aliphatic carbocycles. The highest BCUT2D eigenvalue weighted by atomic mass is 79.9. The molecule has 2 N–H and O–H groups in total. The molecule has 0 radical (unpaired) electrons. The number of nitrogens with zero attached hydrogens (tertiary/aromatic N) is 1. The van der Waals surface area contributed by atoms with Crippen molar-refractivity contribution < 1.29 is 9.52 Å². The number of aliphatic hydroxyl groups excluding tert-OH is 1. The number of hydrogen-bond acceptors (Lipinski definition) is 3. The summed E-state index contributed by atoms with van der Waals surface area (Å²) in [5.74, 6) is 1.20. The van der Waals surface area contributed by atoms with Gasteiger partial charge in [0.1, 0.15) is 18.1 Å². The van der Waals surface area contributed by atoms with Crippen LogP contribution >= 0.6 is 17.0 Å². The van der Waals surface area contributed by atoms with Crippen LogP contribution in [0.3, 0.4) is 0 Å². The van der Waals surface area contributed by atoms with Gasteiger partial charge in [-0.1, -0.05) is 18.2 Å². The van der Waals surface area contributed by atoms with Crippen LogP contribution in [-0.4, -0.2) is 15.1 Å². The molecule has 0 bridgehead atoms.